The van der Waals surface area contributed by atoms with Crippen molar-refractivity contribution in [1.82, 2.24) is 10.3 Å². The van der Waals surface area contributed by atoms with Crippen molar-refractivity contribution in [1.29, 1.82) is 0 Å². The maximum absolute atomic E-state index is 11.5. The van der Waals surface area contributed by atoms with E-state index < -0.39 is 17.8 Å². The van der Waals surface area contributed by atoms with Gasteiger partial charge in [-0.25, -0.2) is 0 Å². The Kier molecular flexibility index (Phi) is 2.85. The molecule has 5 nitrogen and oxygen atoms in total. The molecule has 84 valence electrons. The van der Waals surface area contributed by atoms with Crippen LogP contribution in [0.25, 0.3) is 0 Å². The monoisotopic (exact) mass is 219 g/mol. The Balaban J connectivity index is 1.80. The van der Waals surface area contributed by atoms with Crippen molar-refractivity contribution >= 4 is 11.9 Å². The van der Waals surface area contributed by atoms with Crippen LogP contribution in [0.15, 0.2) is 24.5 Å². The highest BCUT2D eigenvalue weighted by Gasteiger charge is 2.43. The first-order valence-electron chi connectivity index (χ1n) is 5.06. The maximum Gasteiger partial charge on any atom is 0.224 e. The average molecular weight is 219 g/mol. The lowest BCUT2D eigenvalue weighted by molar-refractivity contribution is -0.308. The Morgan fingerprint density at radius 2 is 2.31 bits per heavy atom. The van der Waals surface area contributed by atoms with E-state index >= 15 is 0 Å². The summed E-state index contributed by atoms with van der Waals surface area (Å²) in [6.45, 7) is 0.378. The number of pyridine rings is 1. The summed E-state index contributed by atoms with van der Waals surface area (Å²) in [4.78, 5) is 25.8. The van der Waals surface area contributed by atoms with Gasteiger partial charge in [0.15, 0.2) is 0 Å². The highest BCUT2D eigenvalue weighted by molar-refractivity contribution is 5.88. The number of aromatic nitrogens is 1. The molecule has 1 N–H and O–H groups in total. The summed E-state index contributed by atoms with van der Waals surface area (Å²) in [6, 6.07) is 3.62. The van der Waals surface area contributed by atoms with Gasteiger partial charge in [-0.05, 0) is 18.1 Å². The molecule has 0 bridgehead atoms. The molecular formula is C11H11N2O3-. The number of hydrogen-bond donors (Lipinski definition) is 1. The second kappa shape index (κ2) is 4.30. The van der Waals surface area contributed by atoms with Crippen LogP contribution < -0.4 is 10.4 Å². The Bertz CT molecular complexity index is 405. The van der Waals surface area contributed by atoms with E-state index in [9.17, 15) is 14.7 Å². The molecule has 1 aromatic rings. The van der Waals surface area contributed by atoms with Crippen LogP contribution in [0.3, 0.4) is 0 Å². The fourth-order valence-electron chi connectivity index (χ4n) is 1.57. The molecule has 1 amide bonds. The molecule has 1 aromatic heterocycles. The summed E-state index contributed by atoms with van der Waals surface area (Å²) in [6.07, 6.45) is 3.70. The standard InChI is InChI=1S/C11H12N2O3/c14-10(8-4-9(8)11(15)16)13-6-7-2-1-3-12-5-7/h1-3,5,8-9H,4,6H2,(H,13,14)(H,15,16)/p-1/t8-,9-/m0/s1. The Morgan fingerprint density at radius 3 is 2.88 bits per heavy atom. The van der Waals surface area contributed by atoms with Gasteiger partial charge in [-0.1, -0.05) is 6.07 Å². The van der Waals surface area contributed by atoms with Crippen LogP contribution in [-0.2, 0) is 16.1 Å². The fraction of sp³-hybridized carbons (Fsp3) is 0.364. The molecule has 1 heterocycles. The number of carbonyl (C=O) groups excluding carboxylic acids is 2. The van der Waals surface area contributed by atoms with Crippen LogP contribution in [0.5, 0.6) is 0 Å². The van der Waals surface area contributed by atoms with Crippen molar-refractivity contribution in [3.63, 3.8) is 0 Å². The zero-order valence-corrected chi connectivity index (χ0v) is 8.55. The SMILES string of the molecule is O=C([O-])[C@H]1C[C@@H]1C(=O)NCc1cccnc1. The molecular weight excluding hydrogens is 208 g/mol. The van der Waals surface area contributed by atoms with E-state index in [-0.39, 0.29) is 5.91 Å². The highest BCUT2D eigenvalue weighted by Crippen LogP contribution is 2.37. The molecule has 0 saturated heterocycles. The molecule has 16 heavy (non-hydrogen) atoms. The van der Waals surface area contributed by atoms with Gasteiger partial charge in [0.2, 0.25) is 5.91 Å². The van der Waals surface area contributed by atoms with Gasteiger partial charge in [0.25, 0.3) is 0 Å². The minimum Gasteiger partial charge on any atom is -0.550 e. The molecule has 5 heteroatoms. The van der Waals surface area contributed by atoms with Gasteiger partial charge < -0.3 is 15.2 Å². The lowest BCUT2D eigenvalue weighted by atomic mass is 10.2. The number of hydrogen-bond acceptors (Lipinski definition) is 4. The minimum absolute atomic E-state index is 0.224. The number of carboxylic acids is 1. The Hall–Kier alpha value is -1.91. The lowest BCUT2D eigenvalue weighted by Gasteiger charge is -2.04. The number of nitrogens with one attached hydrogen (secondary N) is 1. The van der Waals surface area contributed by atoms with Gasteiger partial charge in [-0.15, -0.1) is 0 Å². The first-order valence-corrected chi connectivity index (χ1v) is 5.06. The van der Waals surface area contributed by atoms with Gasteiger partial charge in [0.05, 0.1) is 0 Å². The fourth-order valence-corrected chi connectivity index (χ4v) is 1.57. The first kappa shape index (κ1) is 10.6. The van der Waals surface area contributed by atoms with Crippen LogP contribution in [-0.4, -0.2) is 16.9 Å². The molecule has 1 fully saturated rings. The smallest absolute Gasteiger partial charge is 0.224 e. The highest BCUT2D eigenvalue weighted by atomic mass is 16.4. The topological polar surface area (TPSA) is 82.1 Å². The van der Waals surface area contributed by atoms with E-state index in [1.165, 1.54) is 0 Å². The van der Waals surface area contributed by atoms with E-state index in [4.69, 9.17) is 0 Å². The average Bonchev–Trinajstić information content (AvgIpc) is 3.07. The molecule has 1 aliphatic rings. The van der Waals surface area contributed by atoms with E-state index in [0.29, 0.717) is 13.0 Å². The zero-order chi connectivity index (χ0) is 11.5. The van der Waals surface area contributed by atoms with Crippen molar-refractivity contribution in [2.75, 3.05) is 0 Å². The quantitative estimate of drug-likeness (QED) is 0.710. The van der Waals surface area contributed by atoms with Crippen molar-refractivity contribution in [2.24, 2.45) is 11.8 Å². The number of carbonyl (C=O) groups is 2. The minimum atomic E-state index is -1.14. The summed E-state index contributed by atoms with van der Waals surface area (Å²) in [5.41, 5.74) is 0.890. The van der Waals surface area contributed by atoms with E-state index in [0.717, 1.165) is 5.56 Å². The number of amides is 1. The number of carboxylic acid groups (broad SMARTS) is 1. The summed E-state index contributed by atoms with van der Waals surface area (Å²) >= 11 is 0. The second-order valence-corrected chi connectivity index (χ2v) is 3.85. The van der Waals surface area contributed by atoms with Crippen LogP contribution in [0.4, 0.5) is 0 Å². The first-order chi connectivity index (χ1) is 7.68. The van der Waals surface area contributed by atoms with Crippen LogP contribution >= 0.6 is 0 Å². The summed E-state index contributed by atoms with van der Waals surface area (Å²) in [7, 11) is 0. The van der Waals surface area contributed by atoms with Gasteiger partial charge in [-0.3, -0.25) is 9.78 Å². The zero-order valence-electron chi connectivity index (χ0n) is 8.55. The second-order valence-electron chi connectivity index (χ2n) is 3.85. The third-order valence-electron chi connectivity index (χ3n) is 2.62. The van der Waals surface area contributed by atoms with E-state index in [2.05, 4.69) is 10.3 Å². The molecule has 2 atom stereocenters. The van der Waals surface area contributed by atoms with Crippen LogP contribution in [0.2, 0.25) is 0 Å². The van der Waals surface area contributed by atoms with Crippen LogP contribution in [0, 0.1) is 11.8 Å². The molecule has 1 aliphatic carbocycles. The predicted molar refractivity (Wildman–Crippen MR) is 52.7 cm³/mol. The Labute approximate surface area is 92.5 Å². The molecule has 1 saturated carbocycles. The van der Waals surface area contributed by atoms with Crippen molar-refractivity contribution in [3.05, 3.63) is 30.1 Å². The lowest BCUT2D eigenvalue weighted by Crippen LogP contribution is -2.30. The number of nitrogens with zero attached hydrogens (tertiary/aromatic N) is 1. The van der Waals surface area contributed by atoms with E-state index in [1.54, 1.807) is 18.5 Å². The third-order valence-corrected chi connectivity index (χ3v) is 2.62. The number of aliphatic carboxylic acids is 1. The van der Waals surface area contributed by atoms with E-state index in [1.807, 2.05) is 6.07 Å². The van der Waals surface area contributed by atoms with Gasteiger partial charge in [0.1, 0.15) is 0 Å². The van der Waals surface area contributed by atoms with Crippen molar-refractivity contribution in [2.45, 2.75) is 13.0 Å². The maximum atomic E-state index is 11.5. The Morgan fingerprint density at radius 1 is 1.50 bits per heavy atom. The molecule has 0 radical (unpaired) electrons. The molecule has 0 unspecified atom stereocenters. The van der Waals surface area contributed by atoms with Crippen molar-refractivity contribution in [3.8, 4) is 0 Å². The summed E-state index contributed by atoms with van der Waals surface area (Å²) in [5, 5.41) is 13.1. The van der Waals surface area contributed by atoms with Crippen LogP contribution in [0.1, 0.15) is 12.0 Å². The molecule has 0 aromatic carbocycles. The summed E-state index contributed by atoms with van der Waals surface area (Å²) in [5.74, 6) is -2.38. The van der Waals surface area contributed by atoms with Gasteiger partial charge in [-0.2, -0.15) is 0 Å². The molecule has 2 rings (SSSR count). The molecule has 0 spiro atoms. The summed E-state index contributed by atoms with van der Waals surface area (Å²) < 4.78 is 0. The van der Waals surface area contributed by atoms with Gasteiger partial charge in [0, 0.05) is 36.7 Å². The van der Waals surface area contributed by atoms with Crippen molar-refractivity contribution < 1.29 is 14.7 Å². The normalized spacial score (nSPS) is 22.5. The largest absolute Gasteiger partial charge is 0.550 e. The van der Waals surface area contributed by atoms with Gasteiger partial charge >= 0.3 is 0 Å². The number of rotatable bonds is 4. The molecule has 0 aliphatic heterocycles. The third kappa shape index (κ3) is 2.36. The predicted octanol–water partition coefficient (Wildman–Crippen LogP) is -0.916.